The van der Waals surface area contributed by atoms with Crippen molar-refractivity contribution >= 4 is 23.3 Å². The molecular weight excluding hydrogens is 504 g/mol. The van der Waals surface area contributed by atoms with E-state index in [9.17, 15) is 14.4 Å². The molecule has 5 atom stereocenters. The molecule has 8 heteroatoms. The fraction of sp³-hybridized carbons (Fsp3) is 0.438. The van der Waals surface area contributed by atoms with E-state index in [1.54, 1.807) is 4.90 Å². The van der Waals surface area contributed by atoms with E-state index in [1.165, 1.54) is 6.92 Å². The maximum absolute atomic E-state index is 13.7. The summed E-state index contributed by atoms with van der Waals surface area (Å²) >= 11 is 0. The van der Waals surface area contributed by atoms with Gasteiger partial charge in [-0.3, -0.25) is 14.4 Å². The zero-order valence-corrected chi connectivity index (χ0v) is 22.8. The van der Waals surface area contributed by atoms with Crippen LogP contribution in [-0.2, 0) is 19.2 Å². The van der Waals surface area contributed by atoms with Gasteiger partial charge in [-0.2, -0.15) is 0 Å². The first-order valence-corrected chi connectivity index (χ1v) is 14.4. The number of amides is 2. The highest BCUT2D eigenvalue weighted by atomic mass is 16.6. The van der Waals surface area contributed by atoms with Gasteiger partial charge in [0.2, 0.25) is 11.8 Å². The van der Waals surface area contributed by atoms with Crippen LogP contribution in [0.5, 0.6) is 0 Å². The van der Waals surface area contributed by atoms with Crippen LogP contribution in [0.25, 0.3) is 11.1 Å². The van der Waals surface area contributed by atoms with Crippen LogP contribution in [0.15, 0.2) is 65.8 Å². The van der Waals surface area contributed by atoms with Gasteiger partial charge in [-0.1, -0.05) is 78.7 Å². The van der Waals surface area contributed by atoms with Gasteiger partial charge in [-0.25, -0.2) is 0 Å². The Bertz CT molecular complexity index is 1350. The molecule has 2 aromatic carbocycles. The van der Waals surface area contributed by atoms with Gasteiger partial charge in [-0.15, -0.1) is 0 Å². The number of carbonyl (C=O) groups excluding carboxylic acids is 3. The van der Waals surface area contributed by atoms with E-state index >= 15 is 0 Å². The molecule has 2 heterocycles. The molecule has 40 heavy (non-hydrogen) atoms. The first kappa shape index (κ1) is 26.4. The third-order valence-corrected chi connectivity index (χ3v) is 8.86. The van der Waals surface area contributed by atoms with E-state index < -0.39 is 23.7 Å². The minimum absolute atomic E-state index is 0.0205. The fourth-order valence-corrected chi connectivity index (χ4v) is 6.45. The highest BCUT2D eigenvalue weighted by Gasteiger charge is 2.59. The van der Waals surface area contributed by atoms with Crippen molar-refractivity contribution in [2.75, 3.05) is 6.54 Å². The number of allylic oxidation sites excluding steroid dienone is 1. The monoisotopic (exact) mass is 540 g/mol. The number of ketones is 1. The maximum atomic E-state index is 13.7. The number of nitrogens with two attached hydrogens (primary N) is 1. The second-order valence-corrected chi connectivity index (χ2v) is 11.5. The summed E-state index contributed by atoms with van der Waals surface area (Å²) < 4.78 is 0. The molecule has 3 N–H and O–H groups in total. The highest BCUT2D eigenvalue weighted by molar-refractivity contribution is 6.24. The molecule has 2 fully saturated rings. The number of benzene rings is 2. The average Bonchev–Trinajstić information content (AvgIpc) is 3.33. The van der Waals surface area contributed by atoms with Crippen LogP contribution in [0, 0.1) is 5.92 Å². The summed E-state index contributed by atoms with van der Waals surface area (Å²) in [5, 5.41) is 7.60. The van der Waals surface area contributed by atoms with E-state index in [0.29, 0.717) is 12.8 Å². The lowest BCUT2D eigenvalue weighted by Crippen LogP contribution is -2.55. The van der Waals surface area contributed by atoms with Crippen LogP contribution in [0.3, 0.4) is 0 Å². The van der Waals surface area contributed by atoms with Crippen LogP contribution in [0.4, 0.5) is 0 Å². The van der Waals surface area contributed by atoms with Crippen molar-refractivity contribution in [3.05, 3.63) is 71.8 Å². The molecule has 6 rings (SSSR count). The van der Waals surface area contributed by atoms with Crippen LogP contribution >= 0.6 is 0 Å². The Labute approximate surface area is 234 Å². The predicted molar refractivity (Wildman–Crippen MR) is 152 cm³/mol. The molecule has 0 aromatic heterocycles. The summed E-state index contributed by atoms with van der Waals surface area (Å²) in [6.45, 7) is 1.73. The molecular formula is C32H36N4O4. The fourth-order valence-electron chi connectivity index (χ4n) is 6.45. The molecule has 2 aliphatic heterocycles. The molecule has 208 valence electrons. The quantitative estimate of drug-likeness (QED) is 0.388. The summed E-state index contributed by atoms with van der Waals surface area (Å²) in [6, 6.07) is 14.7. The molecule has 2 aromatic rings. The Hall–Kier alpha value is -3.78. The smallest absolute Gasteiger partial charge is 0.243 e. The SMILES string of the molecule is CC(=O)[C@@]12C[C@H]1/C=C\CCCCC[C@H](N)C(=O)N1C[C@H](ON=C3c4ccccc4-c4ccccc43)C[C@H]1C(=O)N2. The maximum Gasteiger partial charge on any atom is 0.243 e. The minimum atomic E-state index is -0.902. The van der Waals surface area contributed by atoms with Crippen molar-refractivity contribution in [3.8, 4) is 11.1 Å². The Morgan fingerprint density at radius 3 is 2.38 bits per heavy atom. The third-order valence-electron chi connectivity index (χ3n) is 8.86. The number of rotatable bonds is 3. The number of hydrogen-bond donors (Lipinski definition) is 2. The van der Waals surface area contributed by atoms with Gasteiger partial charge in [0.15, 0.2) is 5.78 Å². The van der Waals surface area contributed by atoms with Crippen LogP contribution in [0.1, 0.15) is 63.0 Å². The third kappa shape index (κ3) is 4.74. The van der Waals surface area contributed by atoms with Gasteiger partial charge >= 0.3 is 0 Å². The van der Waals surface area contributed by atoms with Gasteiger partial charge < -0.3 is 20.8 Å². The minimum Gasteiger partial charge on any atom is -0.390 e. The van der Waals surface area contributed by atoms with Crippen molar-refractivity contribution in [1.29, 1.82) is 0 Å². The Morgan fingerprint density at radius 1 is 1.02 bits per heavy atom. The van der Waals surface area contributed by atoms with Crippen LogP contribution in [-0.4, -0.2) is 58.5 Å². The molecule has 1 saturated carbocycles. The van der Waals surface area contributed by atoms with E-state index in [0.717, 1.165) is 53.6 Å². The molecule has 0 radical (unpaired) electrons. The van der Waals surface area contributed by atoms with Crippen molar-refractivity contribution < 1.29 is 19.2 Å². The van der Waals surface area contributed by atoms with E-state index in [4.69, 9.17) is 10.6 Å². The summed E-state index contributed by atoms with van der Waals surface area (Å²) in [5.41, 5.74) is 10.4. The first-order chi connectivity index (χ1) is 19.4. The van der Waals surface area contributed by atoms with Gasteiger partial charge in [0.25, 0.3) is 0 Å². The van der Waals surface area contributed by atoms with Crippen molar-refractivity contribution in [2.24, 2.45) is 16.8 Å². The lowest BCUT2D eigenvalue weighted by atomic mass is 10.1. The molecule has 8 nitrogen and oxygen atoms in total. The predicted octanol–water partition coefficient (Wildman–Crippen LogP) is 3.72. The average molecular weight is 541 g/mol. The summed E-state index contributed by atoms with van der Waals surface area (Å²) in [5.74, 6) is -0.678. The number of Topliss-reactive ketones (excluding diaryl/α,β-unsaturated/α-hetero) is 1. The second-order valence-electron chi connectivity index (χ2n) is 11.5. The zero-order valence-electron chi connectivity index (χ0n) is 22.8. The Balaban J connectivity index is 1.26. The molecule has 0 unspecified atom stereocenters. The summed E-state index contributed by atoms with van der Waals surface area (Å²) in [7, 11) is 0. The number of nitrogens with one attached hydrogen (secondary N) is 1. The van der Waals surface area contributed by atoms with Gasteiger partial charge in [-0.05, 0) is 43.7 Å². The standard InChI is InChI=1S/C32H36N4O4/c1-20(37)32-18-21(32)11-5-3-2-4-6-16-27(33)31(39)36-19-22(17-28(36)30(38)34-32)40-35-29-25-14-9-7-12-23(25)24-13-8-10-15-26(24)29/h5,7-15,21-22,27-28H,2-4,6,16-19,33H2,1H3,(H,34,38)/b11-5-/t21-,22-,27+,28+,32+/m1/s1. The largest absolute Gasteiger partial charge is 0.390 e. The number of carbonyl (C=O) groups is 3. The van der Waals surface area contributed by atoms with Crippen molar-refractivity contribution in [1.82, 2.24) is 10.2 Å². The molecule has 1 saturated heterocycles. The van der Waals surface area contributed by atoms with Crippen molar-refractivity contribution in [3.63, 3.8) is 0 Å². The number of oxime groups is 1. The molecule has 2 aliphatic carbocycles. The summed E-state index contributed by atoms with van der Waals surface area (Å²) in [4.78, 5) is 47.4. The van der Waals surface area contributed by atoms with E-state index in [-0.39, 0.29) is 36.5 Å². The van der Waals surface area contributed by atoms with Gasteiger partial charge in [0.1, 0.15) is 23.4 Å². The van der Waals surface area contributed by atoms with E-state index in [2.05, 4.69) is 34.8 Å². The Kier molecular flexibility index (Phi) is 7.04. The number of hydrogen-bond acceptors (Lipinski definition) is 6. The first-order valence-electron chi connectivity index (χ1n) is 14.4. The zero-order chi connectivity index (χ0) is 27.9. The van der Waals surface area contributed by atoms with Crippen LogP contribution in [0.2, 0.25) is 0 Å². The summed E-state index contributed by atoms with van der Waals surface area (Å²) in [6.07, 6.45) is 8.83. The highest BCUT2D eigenvalue weighted by Crippen LogP contribution is 2.46. The van der Waals surface area contributed by atoms with Crippen molar-refractivity contribution in [2.45, 2.75) is 75.6 Å². The van der Waals surface area contributed by atoms with E-state index in [1.807, 2.05) is 36.4 Å². The lowest BCUT2D eigenvalue weighted by Gasteiger charge is -2.28. The lowest BCUT2D eigenvalue weighted by molar-refractivity contribution is -0.140. The topological polar surface area (TPSA) is 114 Å². The number of fused-ring (bicyclic) bond motifs is 5. The van der Waals surface area contributed by atoms with Gasteiger partial charge in [0, 0.05) is 23.5 Å². The normalized spacial score (nSPS) is 30.6. The molecule has 4 aliphatic rings. The molecule has 0 spiro atoms. The molecule has 0 bridgehead atoms. The Morgan fingerprint density at radius 2 is 1.70 bits per heavy atom. The number of nitrogens with zero attached hydrogens (tertiary/aromatic N) is 2. The van der Waals surface area contributed by atoms with Gasteiger partial charge in [0.05, 0.1) is 12.6 Å². The van der Waals surface area contributed by atoms with Crippen LogP contribution < -0.4 is 11.1 Å². The molecule has 2 amide bonds. The second kappa shape index (κ2) is 10.7.